The van der Waals surface area contributed by atoms with Crippen LogP contribution >= 0.6 is 11.3 Å². The molecule has 1 atom stereocenters. The van der Waals surface area contributed by atoms with E-state index in [4.69, 9.17) is 0 Å². The van der Waals surface area contributed by atoms with Crippen LogP contribution in [0.15, 0.2) is 29.6 Å². The lowest BCUT2D eigenvalue weighted by Crippen LogP contribution is -2.18. The third-order valence-corrected chi connectivity index (χ3v) is 3.74. The summed E-state index contributed by atoms with van der Waals surface area (Å²) in [5, 5.41) is 6.12. The van der Waals surface area contributed by atoms with Crippen LogP contribution in [0.5, 0.6) is 0 Å². The van der Waals surface area contributed by atoms with E-state index in [2.05, 4.69) is 10.3 Å². The number of benzene rings is 1. The molecule has 0 aliphatic rings. The average Bonchev–Trinajstić information content (AvgIpc) is 2.82. The zero-order chi connectivity index (χ0) is 14.8. The van der Waals surface area contributed by atoms with Gasteiger partial charge in [0, 0.05) is 18.0 Å². The highest BCUT2D eigenvalue weighted by Crippen LogP contribution is 2.29. The van der Waals surface area contributed by atoms with Crippen LogP contribution in [0, 0.1) is 6.92 Å². The Hall–Kier alpha value is -1.40. The number of aromatic nitrogens is 1. The maximum Gasteiger partial charge on any atom is 0.416 e. The number of nitrogens with zero attached hydrogens (tertiary/aromatic N) is 1. The Morgan fingerprint density at radius 1 is 1.35 bits per heavy atom. The number of alkyl halides is 3. The van der Waals surface area contributed by atoms with E-state index in [1.165, 1.54) is 12.1 Å². The molecule has 1 aromatic carbocycles. The fourth-order valence-electron chi connectivity index (χ4n) is 1.81. The van der Waals surface area contributed by atoms with Gasteiger partial charge in [0.2, 0.25) is 0 Å². The van der Waals surface area contributed by atoms with Crippen molar-refractivity contribution in [1.82, 2.24) is 10.3 Å². The summed E-state index contributed by atoms with van der Waals surface area (Å²) in [5.41, 5.74) is 0.909. The minimum Gasteiger partial charge on any atom is -0.305 e. The molecular formula is C14H15F3N2S. The second kappa shape index (κ2) is 5.93. The number of hydrogen-bond acceptors (Lipinski definition) is 3. The topological polar surface area (TPSA) is 24.9 Å². The summed E-state index contributed by atoms with van der Waals surface area (Å²) < 4.78 is 37.8. The maximum atomic E-state index is 12.6. The summed E-state index contributed by atoms with van der Waals surface area (Å²) in [5.74, 6) is 0. The summed E-state index contributed by atoms with van der Waals surface area (Å²) in [6.45, 7) is 4.25. The van der Waals surface area contributed by atoms with Crippen molar-refractivity contribution in [2.45, 2.75) is 32.6 Å². The van der Waals surface area contributed by atoms with Crippen molar-refractivity contribution in [1.29, 1.82) is 0 Å². The summed E-state index contributed by atoms with van der Waals surface area (Å²) in [6, 6.07) is 5.37. The van der Waals surface area contributed by atoms with Gasteiger partial charge in [0.1, 0.15) is 0 Å². The lowest BCUT2D eigenvalue weighted by molar-refractivity contribution is -0.137. The van der Waals surface area contributed by atoms with E-state index in [-0.39, 0.29) is 6.04 Å². The zero-order valence-electron chi connectivity index (χ0n) is 11.2. The van der Waals surface area contributed by atoms with Gasteiger partial charge in [-0.05, 0) is 25.5 Å². The molecule has 0 aliphatic heterocycles. The highest BCUT2D eigenvalue weighted by atomic mass is 32.1. The van der Waals surface area contributed by atoms with Crippen molar-refractivity contribution >= 4 is 11.3 Å². The van der Waals surface area contributed by atoms with Gasteiger partial charge in [-0.1, -0.05) is 18.2 Å². The summed E-state index contributed by atoms with van der Waals surface area (Å²) >= 11 is 1.56. The van der Waals surface area contributed by atoms with Crippen molar-refractivity contribution in [3.8, 4) is 0 Å². The van der Waals surface area contributed by atoms with E-state index in [0.29, 0.717) is 12.1 Å². The molecule has 0 spiro atoms. The molecule has 6 heteroatoms. The molecular weight excluding hydrogens is 285 g/mol. The average molecular weight is 300 g/mol. The second-order valence-corrected chi connectivity index (χ2v) is 5.65. The van der Waals surface area contributed by atoms with Crippen LogP contribution in [0.4, 0.5) is 13.2 Å². The van der Waals surface area contributed by atoms with Gasteiger partial charge in [0.25, 0.3) is 0 Å². The van der Waals surface area contributed by atoms with Crippen LogP contribution in [-0.4, -0.2) is 4.98 Å². The van der Waals surface area contributed by atoms with Gasteiger partial charge < -0.3 is 5.32 Å². The van der Waals surface area contributed by atoms with Crippen LogP contribution in [0.25, 0.3) is 0 Å². The molecule has 0 fully saturated rings. The van der Waals surface area contributed by atoms with Gasteiger partial charge in [-0.3, -0.25) is 0 Å². The first kappa shape index (κ1) is 15.0. The zero-order valence-corrected chi connectivity index (χ0v) is 12.0. The van der Waals surface area contributed by atoms with Gasteiger partial charge in [0.15, 0.2) is 0 Å². The van der Waals surface area contributed by atoms with Crippen molar-refractivity contribution < 1.29 is 13.2 Å². The molecule has 2 rings (SSSR count). The molecule has 0 bridgehead atoms. The Bertz CT molecular complexity index is 578. The van der Waals surface area contributed by atoms with Crippen LogP contribution in [0.3, 0.4) is 0 Å². The predicted molar refractivity (Wildman–Crippen MR) is 73.5 cm³/mol. The molecule has 1 aromatic heterocycles. The van der Waals surface area contributed by atoms with Crippen LogP contribution in [0.1, 0.15) is 34.8 Å². The molecule has 1 N–H and O–H groups in total. The molecule has 0 saturated carbocycles. The molecule has 0 radical (unpaired) electrons. The van der Waals surface area contributed by atoms with Crippen LogP contribution < -0.4 is 5.32 Å². The SMILES string of the molecule is Cc1nc(C(C)NCc2cccc(C(F)(F)F)c2)cs1. The van der Waals surface area contributed by atoms with E-state index >= 15 is 0 Å². The summed E-state index contributed by atoms with van der Waals surface area (Å²) in [6.07, 6.45) is -4.30. The largest absolute Gasteiger partial charge is 0.416 e. The van der Waals surface area contributed by atoms with Gasteiger partial charge in [-0.15, -0.1) is 11.3 Å². The van der Waals surface area contributed by atoms with Crippen LogP contribution in [0.2, 0.25) is 0 Å². The summed E-state index contributed by atoms with van der Waals surface area (Å²) in [7, 11) is 0. The predicted octanol–water partition coefficient (Wildman–Crippen LogP) is 4.32. The first-order valence-electron chi connectivity index (χ1n) is 6.18. The Labute approximate surface area is 119 Å². The normalized spacial score (nSPS) is 13.4. The number of halogens is 3. The van der Waals surface area contributed by atoms with Crippen molar-refractivity contribution in [3.63, 3.8) is 0 Å². The molecule has 0 amide bonds. The quantitative estimate of drug-likeness (QED) is 0.909. The molecule has 2 aromatic rings. The third kappa shape index (κ3) is 3.80. The highest BCUT2D eigenvalue weighted by molar-refractivity contribution is 7.09. The Balaban J connectivity index is 2.00. The number of rotatable bonds is 4. The van der Waals surface area contributed by atoms with Crippen molar-refractivity contribution in [2.24, 2.45) is 0 Å². The summed E-state index contributed by atoms with van der Waals surface area (Å²) in [4.78, 5) is 4.36. The smallest absolute Gasteiger partial charge is 0.305 e. The standard InChI is InChI=1S/C14H15F3N2S/c1-9(13-8-20-10(2)19-13)18-7-11-4-3-5-12(6-11)14(15,16)17/h3-6,8-9,18H,7H2,1-2H3. The van der Waals surface area contributed by atoms with Gasteiger partial charge in [-0.25, -0.2) is 4.98 Å². The van der Waals surface area contributed by atoms with E-state index in [0.717, 1.165) is 16.8 Å². The van der Waals surface area contributed by atoms with Gasteiger partial charge in [0.05, 0.1) is 16.3 Å². The minimum atomic E-state index is -4.30. The number of hydrogen-bond donors (Lipinski definition) is 1. The second-order valence-electron chi connectivity index (χ2n) is 4.59. The third-order valence-electron chi connectivity index (χ3n) is 2.95. The molecule has 108 valence electrons. The number of nitrogens with one attached hydrogen (secondary N) is 1. The highest BCUT2D eigenvalue weighted by Gasteiger charge is 2.30. The first-order valence-corrected chi connectivity index (χ1v) is 7.06. The molecule has 1 unspecified atom stereocenters. The first-order chi connectivity index (χ1) is 9.36. The van der Waals surface area contributed by atoms with E-state index < -0.39 is 11.7 Å². The fourth-order valence-corrected chi connectivity index (χ4v) is 2.52. The number of aryl methyl sites for hydroxylation is 1. The minimum absolute atomic E-state index is 0.00879. The van der Waals surface area contributed by atoms with E-state index in [9.17, 15) is 13.2 Å². The molecule has 2 nitrogen and oxygen atoms in total. The molecule has 20 heavy (non-hydrogen) atoms. The van der Waals surface area contributed by atoms with Gasteiger partial charge >= 0.3 is 6.18 Å². The maximum absolute atomic E-state index is 12.6. The number of thiazole rings is 1. The lowest BCUT2D eigenvalue weighted by Gasteiger charge is -2.13. The van der Waals surface area contributed by atoms with E-state index in [1.807, 2.05) is 19.2 Å². The van der Waals surface area contributed by atoms with Crippen LogP contribution in [-0.2, 0) is 12.7 Å². The monoisotopic (exact) mass is 300 g/mol. The van der Waals surface area contributed by atoms with Crippen molar-refractivity contribution in [2.75, 3.05) is 0 Å². The Morgan fingerprint density at radius 2 is 2.10 bits per heavy atom. The van der Waals surface area contributed by atoms with Gasteiger partial charge in [-0.2, -0.15) is 13.2 Å². The molecule has 0 saturated heterocycles. The lowest BCUT2D eigenvalue weighted by atomic mass is 10.1. The molecule has 0 aliphatic carbocycles. The van der Waals surface area contributed by atoms with Crippen molar-refractivity contribution in [3.05, 3.63) is 51.5 Å². The Kier molecular flexibility index (Phi) is 4.45. The Morgan fingerprint density at radius 3 is 2.70 bits per heavy atom. The van der Waals surface area contributed by atoms with E-state index in [1.54, 1.807) is 17.4 Å². The molecule has 1 heterocycles. The fraction of sp³-hybridized carbons (Fsp3) is 0.357.